The van der Waals surface area contributed by atoms with E-state index in [9.17, 15) is 14.9 Å². The van der Waals surface area contributed by atoms with Crippen LogP contribution in [0.4, 0.5) is 0 Å². The molecule has 0 unspecified atom stereocenters. The van der Waals surface area contributed by atoms with Crippen LogP contribution in [-0.2, 0) is 14.3 Å². The fraction of sp³-hybridized carbons (Fsp3) is 0.483. The summed E-state index contributed by atoms with van der Waals surface area (Å²) in [6.45, 7) is 1.14. The number of nitriles is 1. The van der Waals surface area contributed by atoms with Crippen LogP contribution >= 0.6 is 0 Å². The van der Waals surface area contributed by atoms with Crippen LogP contribution in [0.3, 0.4) is 0 Å². The van der Waals surface area contributed by atoms with E-state index in [1.807, 2.05) is 30.3 Å². The van der Waals surface area contributed by atoms with Crippen molar-refractivity contribution in [3.8, 4) is 11.8 Å². The third kappa shape index (κ3) is 6.48. The monoisotopic (exact) mass is 505 g/mol. The number of hydrogen-bond acceptors (Lipinski definition) is 6. The number of methoxy groups -OCH3 is 1. The van der Waals surface area contributed by atoms with E-state index in [1.165, 1.54) is 0 Å². The molecule has 0 N–H and O–H groups in total. The van der Waals surface area contributed by atoms with E-state index in [1.54, 1.807) is 49.2 Å². The minimum atomic E-state index is -0.252. The van der Waals surface area contributed by atoms with Crippen molar-refractivity contribution in [3.05, 3.63) is 65.2 Å². The lowest BCUT2D eigenvalue weighted by molar-refractivity contribution is -0.150. The summed E-state index contributed by atoms with van der Waals surface area (Å²) in [7, 11) is 5.20. The van der Waals surface area contributed by atoms with E-state index in [-0.39, 0.29) is 42.5 Å². The molecule has 2 bridgehead atoms. The van der Waals surface area contributed by atoms with Crippen LogP contribution in [0.25, 0.3) is 0 Å². The summed E-state index contributed by atoms with van der Waals surface area (Å²) in [5.74, 6) is -0.0346. The SMILES string of the molecule is CO[C@H]1CC[C@H]2CCOc3ccc(C#N)cc3C(=O)N(C)C[C@@H](c3ccccc3)CC(=O)N(C)C[C@@H]1O2. The van der Waals surface area contributed by atoms with Gasteiger partial charge in [0, 0.05) is 53.1 Å². The number of fused-ring (bicyclic) bond motifs is 3. The minimum absolute atomic E-state index is 0.0159. The van der Waals surface area contributed by atoms with Crippen molar-refractivity contribution in [2.45, 2.75) is 49.9 Å². The summed E-state index contributed by atoms with van der Waals surface area (Å²) in [6, 6.07) is 16.8. The molecule has 2 aliphatic heterocycles. The van der Waals surface area contributed by atoms with Crippen LogP contribution in [0.15, 0.2) is 48.5 Å². The summed E-state index contributed by atoms with van der Waals surface area (Å²) >= 11 is 0. The number of carbonyl (C=O) groups excluding carboxylic acids is 2. The zero-order valence-electron chi connectivity index (χ0n) is 21.8. The molecule has 8 nitrogen and oxygen atoms in total. The molecule has 0 aromatic heterocycles. The molecule has 4 rings (SSSR count). The molecule has 8 heteroatoms. The van der Waals surface area contributed by atoms with Crippen LogP contribution in [-0.4, -0.2) is 80.8 Å². The van der Waals surface area contributed by atoms with E-state index in [2.05, 4.69) is 6.07 Å². The van der Waals surface area contributed by atoms with Crippen LogP contribution in [0.2, 0.25) is 0 Å². The Labute approximate surface area is 218 Å². The third-order valence-electron chi connectivity index (χ3n) is 7.31. The highest BCUT2D eigenvalue weighted by Gasteiger charge is 2.34. The Morgan fingerprint density at radius 1 is 1.00 bits per heavy atom. The van der Waals surface area contributed by atoms with Gasteiger partial charge >= 0.3 is 0 Å². The van der Waals surface area contributed by atoms with Gasteiger partial charge in [-0.25, -0.2) is 0 Å². The average molecular weight is 506 g/mol. The molecule has 2 aromatic carbocycles. The van der Waals surface area contributed by atoms with E-state index >= 15 is 0 Å². The molecule has 1 saturated heterocycles. The van der Waals surface area contributed by atoms with E-state index in [0.29, 0.717) is 43.0 Å². The molecule has 2 aromatic rings. The molecule has 0 saturated carbocycles. The van der Waals surface area contributed by atoms with Gasteiger partial charge in [-0.15, -0.1) is 0 Å². The maximum atomic E-state index is 13.6. The molecule has 0 radical (unpaired) electrons. The number of ether oxygens (including phenoxy) is 3. The molecule has 0 spiro atoms. The van der Waals surface area contributed by atoms with Crippen molar-refractivity contribution in [1.29, 1.82) is 5.26 Å². The number of benzene rings is 2. The number of amides is 2. The summed E-state index contributed by atoms with van der Waals surface area (Å²) in [4.78, 5) is 30.3. The summed E-state index contributed by atoms with van der Waals surface area (Å²) < 4.78 is 18.1. The van der Waals surface area contributed by atoms with Gasteiger partial charge in [-0.1, -0.05) is 30.3 Å². The van der Waals surface area contributed by atoms with E-state index < -0.39 is 0 Å². The molecule has 2 aliphatic rings. The predicted octanol–water partition coefficient (Wildman–Crippen LogP) is 3.61. The number of hydrogen-bond donors (Lipinski definition) is 0. The zero-order chi connectivity index (χ0) is 26.4. The van der Waals surface area contributed by atoms with Crippen molar-refractivity contribution >= 4 is 11.8 Å². The topological polar surface area (TPSA) is 92.1 Å². The first-order valence-corrected chi connectivity index (χ1v) is 12.8. The van der Waals surface area contributed by atoms with Crippen LogP contribution in [0, 0.1) is 11.3 Å². The van der Waals surface area contributed by atoms with Gasteiger partial charge in [-0.3, -0.25) is 9.59 Å². The Morgan fingerprint density at radius 2 is 1.78 bits per heavy atom. The first-order chi connectivity index (χ1) is 17.9. The van der Waals surface area contributed by atoms with Gasteiger partial charge in [0.15, 0.2) is 0 Å². The molecule has 0 aliphatic carbocycles. The summed E-state index contributed by atoms with van der Waals surface area (Å²) in [6.07, 6.45) is 2.21. The highest BCUT2D eigenvalue weighted by Crippen LogP contribution is 2.29. The van der Waals surface area contributed by atoms with Crippen molar-refractivity contribution in [2.24, 2.45) is 0 Å². The van der Waals surface area contributed by atoms with Gasteiger partial charge in [-0.2, -0.15) is 5.26 Å². The zero-order valence-corrected chi connectivity index (χ0v) is 21.8. The highest BCUT2D eigenvalue weighted by molar-refractivity contribution is 5.97. The Kier molecular flexibility index (Phi) is 8.80. The van der Waals surface area contributed by atoms with E-state index in [0.717, 1.165) is 18.4 Å². The second-order valence-corrected chi connectivity index (χ2v) is 9.88. The number of nitrogens with zero attached hydrogens (tertiary/aromatic N) is 3. The maximum absolute atomic E-state index is 13.6. The minimum Gasteiger partial charge on any atom is -0.493 e. The van der Waals surface area contributed by atoms with E-state index in [4.69, 9.17) is 14.2 Å². The average Bonchev–Trinajstić information content (AvgIpc) is 2.92. The van der Waals surface area contributed by atoms with Crippen molar-refractivity contribution in [1.82, 2.24) is 9.80 Å². The molecule has 2 amide bonds. The van der Waals surface area contributed by atoms with Gasteiger partial charge in [-0.05, 0) is 36.6 Å². The Balaban J connectivity index is 1.68. The van der Waals surface area contributed by atoms with Gasteiger partial charge in [0.2, 0.25) is 5.91 Å². The van der Waals surface area contributed by atoms with Crippen molar-refractivity contribution < 1.29 is 23.8 Å². The fourth-order valence-electron chi connectivity index (χ4n) is 5.14. The smallest absolute Gasteiger partial charge is 0.257 e. The first-order valence-electron chi connectivity index (χ1n) is 12.8. The summed E-state index contributed by atoms with van der Waals surface area (Å²) in [5.41, 5.74) is 1.71. The lowest BCUT2D eigenvalue weighted by Crippen LogP contribution is -2.48. The standard InChI is InChI=1S/C29H35N3O5/c1-31-19-27-26(35-3)12-10-23(37-27)13-14-36-25-11-9-20(17-30)15-24(25)29(34)32(2)18-22(16-28(31)33)21-7-5-4-6-8-21/h4-9,11,15,22-23,26-27H,10,12-14,16,18-19H2,1-3H3/t22-,23-,26-,27-/m0/s1. The molecule has 2 heterocycles. The lowest BCUT2D eigenvalue weighted by atomic mass is 9.93. The highest BCUT2D eigenvalue weighted by atomic mass is 16.5. The van der Waals surface area contributed by atoms with Crippen LogP contribution < -0.4 is 4.74 Å². The van der Waals surface area contributed by atoms with Gasteiger partial charge in [0.1, 0.15) is 11.9 Å². The first kappa shape index (κ1) is 26.6. The molecule has 196 valence electrons. The Morgan fingerprint density at radius 3 is 2.51 bits per heavy atom. The number of rotatable bonds is 2. The Hall–Kier alpha value is -3.41. The van der Waals surface area contributed by atoms with Gasteiger partial charge in [0.25, 0.3) is 5.91 Å². The number of carbonyl (C=O) groups is 2. The third-order valence-corrected chi connectivity index (χ3v) is 7.31. The molecule has 37 heavy (non-hydrogen) atoms. The Bertz CT molecular complexity index is 1130. The second-order valence-electron chi connectivity index (χ2n) is 9.88. The fourth-order valence-corrected chi connectivity index (χ4v) is 5.14. The second kappa shape index (κ2) is 12.2. The predicted molar refractivity (Wildman–Crippen MR) is 138 cm³/mol. The number of likely N-dealkylation sites (N-methyl/N-ethyl adjacent to an activating group) is 2. The normalized spacial score (nSPS) is 25.7. The van der Waals surface area contributed by atoms with Gasteiger partial charge < -0.3 is 24.0 Å². The van der Waals surface area contributed by atoms with Crippen LogP contribution in [0.5, 0.6) is 5.75 Å². The van der Waals surface area contributed by atoms with Crippen LogP contribution in [0.1, 0.15) is 53.1 Å². The lowest BCUT2D eigenvalue weighted by Gasteiger charge is -2.38. The van der Waals surface area contributed by atoms with Crippen molar-refractivity contribution in [2.75, 3.05) is 40.9 Å². The molecule has 1 fully saturated rings. The van der Waals surface area contributed by atoms with Gasteiger partial charge in [0.05, 0.1) is 36.0 Å². The maximum Gasteiger partial charge on any atom is 0.257 e. The molecular weight excluding hydrogens is 470 g/mol. The largest absolute Gasteiger partial charge is 0.493 e. The summed E-state index contributed by atoms with van der Waals surface area (Å²) in [5, 5.41) is 9.43. The molecular formula is C29H35N3O5. The molecule has 4 atom stereocenters. The quantitative estimate of drug-likeness (QED) is 0.619. The van der Waals surface area contributed by atoms with Crippen molar-refractivity contribution in [3.63, 3.8) is 0 Å².